The fourth-order valence-corrected chi connectivity index (χ4v) is 0.376. The Morgan fingerprint density at radius 3 is 1.82 bits per heavy atom. The van der Waals surface area contributed by atoms with Crippen LogP contribution in [0.5, 0.6) is 0 Å². The first-order valence-electron chi connectivity index (χ1n) is 3.98. The highest BCUT2D eigenvalue weighted by molar-refractivity contribution is 5.48. The van der Waals surface area contributed by atoms with Crippen LogP contribution in [0.25, 0.3) is 0 Å². The molecule has 0 radical (unpaired) electrons. The molecule has 0 heterocycles. The third-order valence-electron chi connectivity index (χ3n) is 0.953. The van der Waals surface area contributed by atoms with Gasteiger partial charge in [-0.1, -0.05) is 20.3 Å². The lowest BCUT2D eigenvalue weighted by atomic mass is 10.3. The lowest BCUT2D eigenvalue weighted by Crippen LogP contribution is -2.01. The van der Waals surface area contributed by atoms with Crippen LogP contribution in [0.15, 0.2) is 0 Å². The van der Waals surface area contributed by atoms with Gasteiger partial charge in [0.2, 0.25) is 0 Å². The van der Waals surface area contributed by atoms with Gasteiger partial charge in [0.05, 0.1) is 0 Å². The molecule has 0 fully saturated rings. The van der Waals surface area contributed by atoms with Crippen LogP contribution in [0.4, 0.5) is 0 Å². The smallest absolute Gasteiger partial charge is 0.151 e. The Bertz CT molecular complexity index is 71.7. The standard InChI is InChI=1S/C4H10O2.C4H8O/c1-2-3-4(5)6;1-2-3-4-5/h4-6H,2-3H2,1H3;4H,2-3H2,1H3. The second kappa shape index (κ2) is 12.3. The highest BCUT2D eigenvalue weighted by Gasteiger charge is 1.89. The largest absolute Gasteiger partial charge is 0.368 e. The molecule has 11 heavy (non-hydrogen) atoms. The van der Waals surface area contributed by atoms with E-state index < -0.39 is 6.29 Å². The lowest BCUT2D eigenvalue weighted by Gasteiger charge is -1.94. The Morgan fingerprint density at radius 2 is 1.82 bits per heavy atom. The van der Waals surface area contributed by atoms with Crippen molar-refractivity contribution in [2.75, 3.05) is 0 Å². The van der Waals surface area contributed by atoms with Crippen LogP contribution < -0.4 is 0 Å². The van der Waals surface area contributed by atoms with Gasteiger partial charge < -0.3 is 15.0 Å². The molecule has 0 saturated carbocycles. The number of unbranched alkanes of at least 4 members (excludes halogenated alkanes) is 1. The number of rotatable bonds is 4. The molecule has 68 valence electrons. The molecule has 0 spiro atoms. The first-order valence-corrected chi connectivity index (χ1v) is 3.98. The van der Waals surface area contributed by atoms with E-state index in [1.807, 2.05) is 13.8 Å². The van der Waals surface area contributed by atoms with Crippen molar-refractivity contribution in [1.29, 1.82) is 0 Å². The summed E-state index contributed by atoms with van der Waals surface area (Å²) in [7, 11) is 0. The maximum Gasteiger partial charge on any atom is 0.151 e. The lowest BCUT2D eigenvalue weighted by molar-refractivity contribution is -0.107. The number of carbonyl (C=O) groups is 1. The van der Waals surface area contributed by atoms with E-state index >= 15 is 0 Å². The van der Waals surface area contributed by atoms with E-state index in [0.717, 1.165) is 19.1 Å². The van der Waals surface area contributed by atoms with Gasteiger partial charge in [-0.2, -0.15) is 0 Å². The van der Waals surface area contributed by atoms with Crippen molar-refractivity contribution in [3.8, 4) is 0 Å². The average Bonchev–Trinajstić information content (AvgIpc) is 1.90. The molecule has 3 heteroatoms. The summed E-state index contributed by atoms with van der Waals surface area (Å²) in [5, 5.41) is 16.2. The summed E-state index contributed by atoms with van der Waals surface area (Å²) in [6.07, 6.45) is 2.83. The molecular weight excluding hydrogens is 144 g/mol. The van der Waals surface area contributed by atoms with Crippen LogP contribution in [0.2, 0.25) is 0 Å². The third kappa shape index (κ3) is 26.2. The van der Waals surface area contributed by atoms with Gasteiger partial charge in [0, 0.05) is 6.42 Å². The van der Waals surface area contributed by atoms with Crippen molar-refractivity contribution in [3.05, 3.63) is 0 Å². The third-order valence-corrected chi connectivity index (χ3v) is 0.953. The Hall–Kier alpha value is -0.410. The van der Waals surface area contributed by atoms with Crippen molar-refractivity contribution in [2.45, 2.75) is 45.8 Å². The Balaban J connectivity index is 0. The van der Waals surface area contributed by atoms with Gasteiger partial charge in [0.25, 0.3) is 0 Å². The molecule has 0 aromatic carbocycles. The molecule has 0 amide bonds. The Morgan fingerprint density at radius 1 is 1.27 bits per heavy atom. The molecule has 2 N–H and O–H groups in total. The molecule has 3 nitrogen and oxygen atoms in total. The van der Waals surface area contributed by atoms with Gasteiger partial charge in [0.1, 0.15) is 6.29 Å². The fourth-order valence-electron chi connectivity index (χ4n) is 0.376. The molecular formula is C8H18O3. The molecule has 0 aromatic rings. The normalized spacial score (nSPS) is 8.82. The monoisotopic (exact) mass is 162 g/mol. The zero-order chi connectivity index (χ0) is 9.11. The van der Waals surface area contributed by atoms with E-state index in [-0.39, 0.29) is 0 Å². The van der Waals surface area contributed by atoms with Crippen LogP contribution in [0.1, 0.15) is 39.5 Å². The summed E-state index contributed by atoms with van der Waals surface area (Å²) in [5.41, 5.74) is 0. The van der Waals surface area contributed by atoms with Gasteiger partial charge in [-0.15, -0.1) is 0 Å². The van der Waals surface area contributed by atoms with E-state index in [2.05, 4.69) is 0 Å². The van der Waals surface area contributed by atoms with Crippen LogP contribution >= 0.6 is 0 Å². The number of hydrogen-bond acceptors (Lipinski definition) is 3. The fraction of sp³-hybridized carbons (Fsp3) is 0.875. The van der Waals surface area contributed by atoms with Crippen LogP contribution in [0.3, 0.4) is 0 Å². The van der Waals surface area contributed by atoms with Crippen molar-refractivity contribution >= 4 is 6.29 Å². The average molecular weight is 162 g/mol. The minimum Gasteiger partial charge on any atom is -0.368 e. The van der Waals surface area contributed by atoms with Gasteiger partial charge in [-0.3, -0.25) is 0 Å². The highest BCUT2D eigenvalue weighted by Crippen LogP contribution is 1.88. The zero-order valence-corrected chi connectivity index (χ0v) is 7.29. The van der Waals surface area contributed by atoms with Gasteiger partial charge in [-0.05, 0) is 12.8 Å². The summed E-state index contributed by atoms with van der Waals surface area (Å²) >= 11 is 0. The van der Waals surface area contributed by atoms with Crippen molar-refractivity contribution < 1.29 is 15.0 Å². The summed E-state index contributed by atoms with van der Waals surface area (Å²) in [6.45, 7) is 3.88. The van der Waals surface area contributed by atoms with Gasteiger partial charge in [0.15, 0.2) is 6.29 Å². The maximum atomic E-state index is 9.40. The number of hydrogen-bond donors (Lipinski definition) is 2. The minimum atomic E-state index is -1.10. The van der Waals surface area contributed by atoms with E-state index in [4.69, 9.17) is 10.2 Å². The minimum absolute atomic E-state index is 0.486. The number of aliphatic hydroxyl groups excluding tert-OH is 1. The van der Waals surface area contributed by atoms with Gasteiger partial charge in [-0.25, -0.2) is 0 Å². The van der Waals surface area contributed by atoms with Crippen LogP contribution in [-0.2, 0) is 4.79 Å². The van der Waals surface area contributed by atoms with Crippen molar-refractivity contribution in [3.63, 3.8) is 0 Å². The number of aldehydes is 1. The first-order chi connectivity index (χ1) is 5.18. The molecule has 0 aliphatic heterocycles. The Kier molecular flexibility index (Phi) is 14.7. The first kappa shape index (κ1) is 13.2. The molecule has 0 aliphatic carbocycles. The second-order valence-corrected chi connectivity index (χ2v) is 2.22. The van der Waals surface area contributed by atoms with E-state index in [1.54, 1.807) is 0 Å². The van der Waals surface area contributed by atoms with Crippen LogP contribution in [0, 0.1) is 0 Å². The molecule has 0 atom stereocenters. The van der Waals surface area contributed by atoms with E-state index in [1.165, 1.54) is 0 Å². The SMILES string of the molecule is CCCC(O)O.CCCC=O. The molecule has 0 aliphatic rings. The summed E-state index contributed by atoms with van der Waals surface area (Å²) in [4.78, 5) is 9.40. The Labute approximate surface area is 68.0 Å². The molecule has 0 saturated heterocycles. The molecule has 0 unspecified atom stereocenters. The van der Waals surface area contributed by atoms with Crippen molar-refractivity contribution in [1.82, 2.24) is 0 Å². The maximum absolute atomic E-state index is 9.40. The van der Waals surface area contributed by atoms with E-state index in [0.29, 0.717) is 12.8 Å². The zero-order valence-electron chi connectivity index (χ0n) is 7.29. The number of aliphatic hydroxyl groups is 2. The predicted molar refractivity (Wildman–Crippen MR) is 44.1 cm³/mol. The number of carbonyl (C=O) groups excluding carboxylic acids is 1. The predicted octanol–water partition coefficient (Wildman–Crippen LogP) is 1.08. The quantitative estimate of drug-likeness (QED) is 0.480. The van der Waals surface area contributed by atoms with Gasteiger partial charge >= 0.3 is 0 Å². The molecule has 0 rings (SSSR count). The van der Waals surface area contributed by atoms with Crippen LogP contribution in [-0.4, -0.2) is 22.8 Å². The van der Waals surface area contributed by atoms with E-state index in [9.17, 15) is 4.79 Å². The summed E-state index contributed by atoms with van der Waals surface area (Å²) in [5.74, 6) is 0. The summed E-state index contributed by atoms with van der Waals surface area (Å²) in [6, 6.07) is 0. The van der Waals surface area contributed by atoms with Crippen molar-refractivity contribution in [2.24, 2.45) is 0 Å². The highest BCUT2D eigenvalue weighted by atomic mass is 16.5. The topological polar surface area (TPSA) is 57.5 Å². The second-order valence-electron chi connectivity index (χ2n) is 2.22. The summed E-state index contributed by atoms with van der Waals surface area (Å²) < 4.78 is 0. The molecule has 0 aromatic heterocycles. The molecule has 0 bridgehead atoms.